The highest BCUT2D eigenvalue weighted by Gasteiger charge is 2.29. The number of aryl methyl sites for hydroxylation is 1. The molecule has 7 rings (SSSR count). The highest BCUT2D eigenvalue weighted by Crippen LogP contribution is 2.46. The summed E-state index contributed by atoms with van der Waals surface area (Å²) in [6.45, 7) is 3.73. The van der Waals surface area contributed by atoms with Gasteiger partial charge in [0, 0.05) is 42.6 Å². The van der Waals surface area contributed by atoms with Crippen molar-refractivity contribution < 1.29 is 22.2 Å². The van der Waals surface area contributed by atoms with Crippen LogP contribution in [0.25, 0.3) is 33.7 Å². The lowest BCUT2D eigenvalue weighted by Gasteiger charge is -2.22. The summed E-state index contributed by atoms with van der Waals surface area (Å²) < 4.78 is 40.9. The third kappa shape index (κ3) is 5.79. The largest absolute Gasteiger partial charge is 0.445 e. The molecule has 4 aromatic carbocycles. The molecule has 0 saturated carbocycles. The number of benzene rings is 4. The summed E-state index contributed by atoms with van der Waals surface area (Å²) in [5, 5.41) is 3.88. The Hall–Kier alpha value is -5.48. The van der Waals surface area contributed by atoms with Gasteiger partial charge < -0.3 is 13.8 Å². The SMILES string of the molecule is Cc1noc(NS(=O)(=O)c2ccccc2-c2ccc(-c3ncco3)cc2CN(C)C(=O)CCC2c3ccccc3-c3ccccc32)c1C. The van der Waals surface area contributed by atoms with Crippen LogP contribution in [0.5, 0.6) is 0 Å². The molecule has 48 heavy (non-hydrogen) atoms. The Morgan fingerprint density at radius 2 is 1.54 bits per heavy atom. The molecule has 9 nitrogen and oxygen atoms in total. The van der Waals surface area contributed by atoms with E-state index in [0.29, 0.717) is 46.7 Å². The van der Waals surface area contributed by atoms with E-state index in [1.807, 2.05) is 18.2 Å². The first-order valence-electron chi connectivity index (χ1n) is 15.7. The number of amides is 1. The van der Waals surface area contributed by atoms with E-state index in [2.05, 4.69) is 63.4 Å². The van der Waals surface area contributed by atoms with Crippen LogP contribution in [0.2, 0.25) is 0 Å². The summed E-state index contributed by atoms with van der Waals surface area (Å²) in [5.74, 6) is 0.622. The number of fused-ring (bicyclic) bond motifs is 3. The minimum atomic E-state index is -4.08. The van der Waals surface area contributed by atoms with Gasteiger partial charge in [-0.15, -0.1) is 0 Å². The molecule has 2 aromatic heterocycles. The van der Waals surface area contributed by atoms with Crippen LogP contribution >= 0.6 is 0 Å². The second kappa shape index (κ2) is 12.6. The summed E-state index contributed by atoms with van der Waals surface area (Å²) in [5.41, 5.74) is 8.75. The molecule has 6 aromatic rings. The van der Waals surface area contributed by atoms with E-state index < -0.39 is 10.0 Å². The second-order valence-corrected chi connectivity index (χ2v) is 13.7. The third-order valence-corrected chi connectivity index (χ3v) is 10.5. The third-order valence-electron chi connectivity index (χ3n) is 9.08. The van der Waals surface area contributed by atoms with Crippen molar-refractivity contribution in [3.63, 3.8) is 0 Å². The monoisotopic (exact) mass is 658 g/mol. The summed E-state index contributed by atoms with van der Waals surface area (Å²) in [6, 6.07) is 29.1. The average molecular weight is 659 g/mol. The molecule has 242 valence electrons. The molecule has 0 spiro atoms. The smallest absolute Gasteiger partial charge is 0.264 e. The molecule has 0 unspecified atom stereocenters. The zero-order valence-corrected chi connectivity index (χ0v) is 27.6. The Labute approximate surface area is 279 Å². The number of carbonyl (C=O) groups excluding carboxylic acids is 1. The number of hydrogen-bond acceptors (Lipinski definition) is 7. The maximum absolute atomic E-state index is 13.8. The van der Waals surface area contributed by atoms with Crippen molar-refractivity contribution >= 4 is 21.8 Å². The highest BCUT2D eigenvalue weighted by atomic mass is 32.2. The molecule has 0 fully saturated rings. The predicted octanol–water partition coefficient (Wildman–Crippen LogP) is 7.97. The van der Waals surface area contributed by atoms with Crippen molar-refractivity contribution in [3.05, 3.63) is 131 Å². The zero-order chi connectivity index (χ0) is 33.4. The van der Waals surface area contributed by atoms with Crippen molar-refractivity contribution in [1.29, 1.82) is 0 Å². The molecular weight excluding hydrogens is 625 g/mol. The first kappa shape index (κ1) is 31.1. The van der Waals surface area contributed by atoms with Crippen LogP contribution in [0.4, 0.5) is 5.88 Å². The van der Waals surface area contributed by atoms with Crippen LogP contribution in [0.3, 0.4) is 0 Å². The lowest BCUT2D eigenvalue weighted by Crippen LogP contribution is -2.26. The maximum Gasteiger partial charge on any atom is 0.264 e. The number of nitrogens with zero attached hydrogens (tertiary/aromatic N) is 3. The van der Waals surface area contributed by atoms with Crippen LogP contribution in [0, 0.1) is 13.8 Å². The Morgan fingerprint density at radius 1 is 0.875 bits per heavy atom. The number of rotatable bonds is 10. The van der Waals surface area contributed by atoms with E-state index in [1.54, 1.807) is 56.3 Å². The topological polar surface area (TPSA) is 119 Å². The molecule has 1 amide bonds. The van der Waals surface area contributed by atoms with Gasteiger partial charge in [0.2, 0.25) is 17.7 Å². The van der Waals surface area contributed by atoms with Crippen LogP contribution < -0.4 is 4.72 Å². The quantitative estimate of drug-likeness (QED) is 0.159. The van der Waals surface area contributed by atoms with Gasteiger partial charge in [0.15, 0.2) is 0 Å². The Balaban J connectivity index is 1.18. The first-order valence-corrected chi connectivity index (χ1v) is 17.2. The zero-order valence-electron chi connectivity index (χ0n) is 26.8. The van der Waals surface area contributed by atoms with Gasteiger partial charge in [-0.1, -0.05) is 78.0 Å². The minimum Gasteiger partial charge on any atom is -0.445 e. The molecule has 0 aliphatic heterocycles. The van der Waals surface area contributed by atoms with Gasteiger partial charge >= 0.3 is 0 Å². The molecule has 0 atom stereocenters. The van der Waals surface area contributed by atoms with Gasteiger partial charge in [-0.2, -0.15) is 0 Å². The average Bonchev–Trinajstić information content (AvgIpc) is 3.83. The molecule has 0 bridgehead atoms. The van der Waals surface area contributed by atoms with Crippen LogP contribution in [0.15, 0.2) is 117 Å². The van der Waals surface area contributed by atoms with Crippen LogP contribution in [-0.2, 0) is 21.4 Å². The highest BCUT2D eigenvalue weighted by molar-refractivity contribution is 7.92. The van der Waals surface area contributed by atoms with Gasteiger partial charge in [0.1, 0.15) is 6.26 Å². The summed E-state index contributed by atoms with van der Waals surface area (Å²) >= 11 is 0. The number of anilines is 1. The van der Waals surface area contributed by atoms with E-state index in [1.165, 1.54) is 28.5 Å². The number of oxazole rings is 1. The molecule has 0 radical (unpaired) electrons. The first-order chi connectivity index (χ1) is 23.2. The van der Waals surface area contributed by atoms with Crippen LogP contribution in [-0.4, -0.2) is 36.4 Å². The Morgan fingerprint density at radius 3 is 2.19 bits per heavy atom. The predicted molar refractivity (Wildman–Crippen MR) is 184 cm³/mol. The van der Waals surface area contributed by atoms with E-state index in [9.17, 15) is 13.2 Å². The lowest BCUT2D eigenvalue weighted by atomic mass is 9.92. The van der Waals surface area contributed by atoms with Crippen molar-refractivity contribution in [3.8, 4) is 33.7 Å². The lowest BCUT2D eigenvalue weighted by molar-refractivity contribution is -0.130. The van der Waals surface area contributed by atoms with Crippen molar-refractivity contribution in [2.45, 2.75) is 44.0 Å². The molecule has 1 N–H and O–H groups in total. The molecule has 10 heteroatoms. The fourth-order valence-electron chi connectivity index (χ4n) is 6.47. The maximum atomic E-state index is 13.8. The van der Waals surface area contributed by atoms with E-state index >= 15 is 0 Å². The molecule has 1 aliphatic carbocycles. The Kier molecular flexibility index (Phi) is 8.18. The van der Waals surface area contributed by atoms with Gasteiger partial charge in [0.05, 0.1) is 16.8 Å². The van der Waals surface area contributed by atoms with Gasteiger partial charge in [-0.05, 0) is 71.8 Å². The molecule has 2 heterocycles. The number of sulfonamides is 1. The number of carbonyl (C=O) groups is 1. The standard InChI is InChI=1S/C38H34N4O5S/c1-24-25(2)40-47-37(24)41-48(44,45)35-15-9-8-14-34(35)28-17-16-26(38-39-20-21-46-38)22-27(28)23-42(3)36(43)19-18-33-31-12-6-4-10-29(31)30-11-5-7-13-32(30)33/h4-17,20-22,33,41H,18-19,23H2,1-3H3. The fraction of sp³-hybridized carbons (Fsp3) is 0.184. The number of hydrogen-bond donors (Lipinski definition) is 1. The van der Waals surface area contributed by atoms with E-state index in [4.69, 9.17) is 8.94 Å². The second-order valence-electron chi connectivity index (χ2n) is 12.0. The van der Waals surface area contributed by atoms with Crippen LogP contribution in [0.1, 0.15) is 46.7 Å². The van der Waals surface area contributed by atoms with Gasteiger partial charge in [-0.3, -0.25) is 4.79 Å². The number of aromatic nitrogens is 2. The van der Waals surface area contributed by atoms with Crippen molar-refractivity contribution in [1.82, 2.24) is 15.0 Å². The summed E-state index contributed by atoms with van der Waals surface area (Å²) in [7, 11) is -2.30. The van der Waals surface area contributed by atoms with Gasteiger partial charge in [-0.25, -0.2) is 18.1 Å². The number of nitrogens with one attached hydrogen (secondary N) is 1. The summed E-state index contributed by atoms with van der Waals surface area (Å²) in [6.07, 6.45) is 4.09. The van der Waals surface area contributed by atoms with Gasteiger partial charge in [0.25, 0.3) is 10.0 Å². The molecular formula is C38H34N4O5S. The molecule has 1 aliphatic rings. The van der Waals surface area contributed by atoms with E-state index in [0.717, 1.165) is 5.56 Å². The molecule has 0 saturated heterocycles. The summed E-state index contributed by atoms with van der Waals surface area (Å²) in [4.78, 5) is 19.8. The minimum absolute atomic E-state index is 0.0110. The van der Waals surface area contributed by atoms with Crippen molar-refractivity contribution in [2.75, 3.05) is 11.8 Å². The normalized spacial score (nSPS) is 12.5. The van der Waals surface area contributed by atoms with Crippen molar-refractivity contribution in [2.24, 2.45) is 0 Å². The Bertz CT molecular complexity index is 2200. The van der Waals surface area contributed by atoms with E-state index in [-0.39, 0.29) is 29.1 Å². The fourth-order valence-corrected chi connectivity index (χ4v) is 7.74.